The molecule has 2 heterocycles. The Balaban J connectivity index is 1.08. The predicted octanol–water partition coefficient (Wildman–Crippen LogP) is 3.71. The molecule has 1 saturated carbocycles. The van der Waals surface area contributed by atoms with Crippen LogP contribution < -0.4 is 10.2 Å². The van der Waals surface area contributed by atoms with E-state index in [2.05, 4.69) is 20.1 Å². The number of nitro benzene ring substituents is 1. The highest BCUT2D eigenvalue weighted by Crippen LogP contribution is 2.32. The average molecular weight is 587 g/mol. The summed E-state index contributed by atoms with van der Waals surface area (Å²) in [4.78, 5) is 32.6. The Morgan fingerprint density at radius 2 is 1.80 bits per heavy atom. The van der Waals surface area contributed by atoms with Gasteiger partial charge in [0.1, 0.15) is 0 Å². The van der Waals surface area contributed by atoms with E-state index in [4.69, 9.17) is 0 Å². The van der Waals surface area contributed by atoms with Gasteiger partial charge >= 0.3 is 0 Å². The molecule has 0 spiro atoms. The second-order valence-corrected chi connectivity index (χ2v) is 13.3. The zero-order valence-corrected chi connectivity index (χ0v) is 24.1. The standard InChI is InChI=1S/C27H34N6O5S2/c1-30(21-5-3-2-4-6-21)40(37,38)23-10-7-20(8-11-23)26(34)28-13-14-31-15-17-32(18-16-31)27-29-24-12-9-22(33(35)36)19-25(24)39-27/h7-12,19,21H,2-6,13-18H2,1H3,(H,28,34). The third-order valence-corrected chi connectivity index (χ3v) is 10.8. The number of carbonyl (C=O) groups excluding carboxylic acids is 1. The van der Waals surface area contributed by atoms with Crippen molar-refractivity contribution >= 4 is 48.3 Å². The van der Waals surface area contributed by atoms with Crippen molar-refractivity contribution in [2.45, 2.75) is 43.0 Å². The molecular weight excluding hydrogens is 552 g/mol. The van der Waals surface area contributed by atoms with E-state index in [-0.39, 0.29) is 22.5 Å². The van der Waals surface area contributed by atoms with Gasteiger partial charge in [0.15, 0.2) is 5.13 Å². The van der Waals surface area contributed by atoms with Gasteiger partial charge in [0.05, 0.1) is 20.0 Å². The van der Waals surface area contributed by atoms with Gasteiger partial charge < -0.3 is 10.2 Å². The fourth-order valence-corrected chi connectivity index (χ4v) is 7.79. The third-order valence-electron chi connectivity index (χ3n) is 7.81. The SMILES string of the molecule is CN(C1CCCCC1)S(=O)(=O)c1ccc(C(=O)NCCN2CCN(c3nc4ccc([N+](=O)[O-])cc4s3)CC2)cc1. The summed E-state index contributed by atoms with van der Waals surface area (Å²) in [7, 11) is -1.94. The van der Waals surface area contributed by atoms with E-state index in [0.29, 0.717) is 18.7 Å². The molecule has 13 heteroatoms. The van der Waals surface area contributed by atoms with Crippen LogP contribution in [0.3, 0.4) is 0 Å². The summed E-state index contributed by atoms with van der Waals surface area (Å²) in [6.45, 7) is 4.36. The molecule has 1 N–H and O–H groups in total. The molecule has 0 unspecified atom stereocenters. The number of hydrogen-bond acceptors (Lipinski definition) is 9. The molecule has 2 aliphatic rings. The lowest BCUT2D eigenvalue weighted by Gasteiger charge is -2.34. The maximum atomic E-state index is 13.0. The monoisotopic (exact) mass is 586 g/mol. The van der Waals surface area contributed by atoms with Crippen LogP contribution in [0.4, 0.5) is 10.8 Å². The molecule has 1 aromatic heterocycles. The number of amides is 1. The van der Waals surface area contributed by atoms with Crippen LogP contribution in [0.25, 0.3) is 10.2 Å². The summed E-state index contributed by atoms with van der Waals surface area (Å²) in [6, 6.07) is 10.9. The minimum Gasteiger partial charge on any atom is -0.351 e. The predicted molar refractivity (Wildman–Crippen MR) is 156 cm³/mol. The summed E-state index contributed by atoms with van der Waals surface area (Å²) >= 11 is 1.46. The molecule has 0 bridgehead atoms. The van der Waals surface area contributed by atoms with Crippen LogP contribution in [0.15, 0.2) is 47.4 Å². The molecule has 11 nitrogen and oxygen atoms in total. The smallest absolute Gasteiger partial charge is 0.270 e. The highest BCUT2D eigenvalue weighted by atomic mass is 32.2. The molecular formula is C27H34N6O5S2. The van der Waals surface area contributed by atoms with Gasteiger partial charge in [0.2, 0.25) is 10.0 Å². The number of aromatic nitrogens is 1. The summed E-state index contributed by atoms with van der Waals surface area (Å²) in [6.07, 6.45) is 5.04. The van der Waals surface area contributed by atoms with Gasteiger partial charge in [0, 0.05) is 70.1 Å². The normalized spacial score (nSPS) is 17.4. The fourth-order valence-electron chi connectivity index (χ4n) is 5.33. The van der Waals surface area contributed by atoms with Crippen molar-refractivity contribution in [2.75, 3.05) is 51.2 Å². The van der Waals surface area contributed by atoms with E-state index in [1.165, 1.54) is 33.8 Å². The van der Waals surface area contributed by atoms with Gasteiger partial charge in [0.25, 0.3) is 11.6 Å². The van der Waals surface area contributed by atoms with Crippen molar-refractivity contribution in [2.24, 2.45) is 0 Å². The molecule has 214 valence electrons. The van der Waals surface area contributed by atoms with Crippen LogP contribution in [0, 0.1) is 10.1 Å². The molecule has 1 aliphatic heterocycles. The molecule has 3 aromatic rings. The topological polar surface area (TPSA) is 129 Å². The first-order valence-corrected chi connectivity index (χ1v) is 15.9. The number of nitrogens with one attached hydrogen (secondary N) is 1. The zero-order valence-electron chi connectivity index (χ0n) is 22.5. The minimum atomic E-state index is -3.59. The maximum Gasteiger partial charge on any atom is 0.270 e. The minimum absolute atomic E-state index is 0.0359. The molecule has 1 amide bonds. The summed E-state index contributed by atoms with van der Waals surface area (Å²) < 4.78 is 28.4. The van der Waals surface area contributed by atoms with Crippen LogP contribution in [0.1, 0.15) is 42.5 Å². The van der Waals surface area contributed by atoms with E-state index in [0.717, 1.165) is 73.6 Å². The number of nitro groups is 1. The molecule has 1 aliphatic carbocycles. The highest BCUT2D eigenvalue weighted by Gasteiger charge is 2.29. The van der Waals surface area contributed by atoms with Crippen LogP contribution in [0.5, 0.6) is 0 Å². The van der Waals surface area contributed by atoms with Gasteiger partial charge in [-0.3, -0.25) is 19.8 Å². The molecule has 2 aromatic carbocycles. The van der Waals surface area contributed by atoms with Gasteiger partial charge in [-0.15, -0.1) is 0 Å². The number of non-ortho nitro benzene ring substituents is 1. The number of anilines is 1. The highest BCUT2D eigenvalue weighted by molar-refractivity contribution is 7.89. The number of hydrogen-bond donors (Lipinski definition) is 1. The average Bonchev–Trinajstić information content (AvgIpc) is 3.41. The van der Waals surface area contributed by atoms with E-state index < -0.39 is 14.9 Å². The number of thiazole rings is 1. The van der Waals surface area contributed by atoms with Crippen molar-refractivity contribution in [1.82, 2.24) is 19.5 Å². The van der Waals surface area contributed by atoms with Crippen LogP contribution in [-0.4, -0.2) is 85.8 Å². The van der Waals surface area contributed by atoms with E-state index in [1.54, 1.807) is 31.3 Å². The van der Waals surface area contributed by atoms with Crippen LogP contribution in [0.2, 0.25) is 0 Å². The summed E-state index contributed by atoms with van der Waals surface area (Å²) in [5.41, 5.74) is 1.26. The zero-order chi connectivity index (χ0) is 28.3. The summed E-state index contributed by atoms with van der Waals surface area (Å²) in [5, 5.41) is 14.8. The second-order valence-electron chi connectivity index (χ2n) is 10.3. The quantitative estimate of drug-likeness (QED) is 0.297. The first-order valence-electron chi connectivity index (χ1n) is 13.6. The first-order chi connectivity index (χ1) is 19.2. The Hall–Kier alpha value is -3.13. The van der Waals surface area contributed by atoms with Crippen LogP contribution in [-0.2, 0) is 10.0 Å². The van der Waals surface area contributed by atoms with Crippen molar-refractivity contribution < 1.29 is 18.1 Å². The number of sulfonamides is 1. The Morgan fingerprint density at radius 1 is 1.10 bits per heavy atom. The van der Waals surface area contributed by atoms with Crippen LogP contribution >= 0.6 is 11.3 Å². The van der Waals surface area contributed by atoms with Gasteiger partial charge in [-0.2, -0.15) is 4.31 Å². The lowest BCUT2D eigenvalue weighted by atomic mass is 9.96. The van der Waals surface area contributed by atoms with Gasteiger partial charge in [-0.1, -0.05) is 30.6 Å². The molecule has 0 radical (unpaired) electrons. The Morgan fingerprint density at radius 3 is 2.48 bits per heavy atom. The number of benzene rings is 2. The van der Waals surface area contributed by atoms with Crippen molar-refractivity contribution in [3.63, 3.8) is 0 Å². The van der Waals surface area contributed by atoms with Gasteiger partial charge in [-0.05, 0) is 43.2 Å². The Labute approximate surface area is 238 Å². The fraction of sp³-hybridized carbons (Fsp3) is 0.481. The number of rotatable bonds is 9. The first kappa shape index (κ1) is 28.4. The second kappa shape index (κ2) is 12.2. The van der Waals surface area contributed by atoms with Crippen molar-refractivity contribution in [1.29, 1.82) is 0 Å². The summed E-state index contributed by atoms with van der Waals surface area (Å²) in [5.74, 6) is -0.230. The van der Waals surface area contributed by atoms with Crippen molar-refractivity contribution in [3.05, 3.63) is 58.1 Å². The largest absolute Gasteiger partial charge is 0.351 e. The lowest BCUT2D eigenvalue weighted by Crippen LogP contribution is -2.48. The number of carbonyl (C=O) groups is 1. The van der Waals surface area contributed by atoms with Crippen molar-refractivity contribution in [3.8, 4) is 0 Å². The molecule has 2 fully saturated rings. The third kappa shape index (κ3) is 6.27. The Bertz CT molecular complexity index is 1460. The lowest BCUT2D eigenvalue weighted by molar-refractivity contribution is -0.384. The Kier molecular flexibility index (Phi) is 8.64. The number of nitrogens with zero attached hydrogens (tertiary/aromatic N) is 5. The molecule has 0 atom stereocenters. The number of fused-ring (bicyclic) bond motifs is 1. The van der Waals surface area contributed by atoms with Gasteiger partial charge in [-0.25, -0.2) is 13.4 Å². The van der Waals surface area contributed by atoms with E-state index >= 15 is 0 Å². The maximum absolute atomic E-state index is 13.0. The molecule has 40 heavy (non-hydrogen) atoms. The van der Waals surface area contributed by atoms with E-state index in [9.17, 15) is 23.3 Å². The number of piperazine rings is 1. The molecule has 1 saturated heterocycles. The molecule has 5 rings (SSSR count). The van der Waals surface area contributed by atoms with E-state index in [1.807, 2.05) is 0 Å².